The van der Waals surface area contributed by atoms with E-state index in [4.69, 9.17) is 4.74 Å². The van der Waals surface area contributed by atoms with Crippen LogP contribution in [-0.2, 0) is 9.53 Å². The molecule has 0 aromatic rings. The minimum absolute atomic E-state index is 0.0767. The number of rotatable bonds is 10. The van der Waals surface area contributed by atoms with Gasteiger partial charge in [0.25, 0.3) is 0 Å². The first-order valence-corrected chi connectivity index (χ1v) is 7.75. The van der Waals surface area contributed by atoms with Crippen LogP contribution >= 0.6 is 15.9 Å². The highest BCUT2D eigenvalue weighted by atomic mass is 79.9. The topological polar surface area (TPSA) is 26.3 Å². The maximum absolute atomic E-state index is 11.4. The number of allylic oxidation sites excluding steroid dienone is 1. The second kappa shape index (κ2) is 12.2. The first-order valence-electron chi connectivity index (χ1n) is 6.62. The summed E-state index contributed by atoms with van der Waals surface area (Å²) in [5.41, 5.74) is 0. The molecule has 2 nitrogen and oxygen atoms in total. The number of hydrogen-bond donors (Lipinski definition) is 0. The molecule has 1 unspecified atom stereocenters. The lowest BCUT2D eigenvalue weighted by molar-refractivity contribution is -0.146. The van der Waals surface area contributed by atoms with E-state index in [1.807, 2.05) is 13.0 Å². The number of esters is 1. The Labute approximate surface area is 114 Å². The minimum Gasteiger partial charge on any atom is -0.458 e. The fourth-order valence-corrected chi connectivity index (χ4v) is 1.85. The van der Waals surface area contributed by atoms with Crippen LogP contribution in [0.1, 0.15) is 58.8 Å². The van der Waals surface area contributed by atoms with E-state index in [1.165, 1.54) is 12.8 Å². The highest BCUT2D eigenvalue weighted by Gasteiger charge is 2.05. The van der Waals surface area contributed by atoms with Gasteiger partial charge in [-0.3, -0.25) is 4.79 Å². The van der Waals surface area contributed by atoms with Crippen molar-refractivity contribution in [3.8, 4) is 0 Å². The number of ether oxygens (including phenoxy) is 1. The third-order valence-corrected chi connectivity index (χ3v) is 3.02. The van der Waals surface area contributed by atoms with Gasteiger partial charge in [0.15, 0.2) is 0 Å². The largest absolute Gasteiger partial charge is 0.458 e. The molecular weight excluding hydrogens is 280 g/mol. The van der Waals surface area contributed by atoms with Crippen molar-refractivity contribution < 1.29 is 9.53 Å². The lowest BCUT2D eigenvalue weighted by Gasteiger charge is -2.08. The average Bonchev–Trinajstić information content (AvgIpc) is 2.30. The Morgan fingerprint density at radius 2 is 2.06 bits per heavy atom. The number of hydrogen-bond acceptors (Lipinski definition) is 2. The van der Waals surface area contributed by atoms with Gasteiger partial charge < -0.3 is 4.74 Å². The summed E-state index contributed by atoms with van der Waals surface area (Å²) in [5.74, 6) is -0.0767. The summed E-state index contributed by atoms with van der Waals surface area (Å²) in [6.45, 7) is 4.09. The van der Waals surface area contributed by atoms with Crippen molar-refractivity contribution in [2.24, 2.45) is 0 Å². The van der Waals surface area contributed by atoms with E-state index in [9.17, 15) is 4.79 Å². The van der Waals surface area contributed by atoms with Crippen molar-refractivity contribution in [1.29, 1.82) is 0 Å². The molecule has 0 aliphatic carbocycles. The van der Waals surface area contributed by atoms with Crippen LogP contribution in [0.3, 0.4) is 0 Å². The molecule has 0 radical (unpaired) electrons. The van der Waals surface area contributed by atoms with Gasteiger partial charge in [0, 0.05) is 11.8 Å². The summed E-state index contributed by atoms with van der Waals surface area (Å²) >= 11 is 3.37. The highest BCUT2D eigenvalue weighted by molar-refractivity contribution is 9.09. The summed E-state index contributed by atoms with van der Waals surface area (Å²) in [6.07, 6.45) is 11.1. The Morgan fingerprint density at radius 3 is 2.71 bits per heavy atom. The highest BCUT2D eigenvalue weighted by Crippen LogP contribution is 2.05. The SMILES string of the molecule is CCCC/C=C/C(C)OC(=O)CCCCCBr. The van der Waals surface area contributed by atoms with Crippen LogP contribution in [0.4, 0.5) is 0 Å². The molecule has 17 heavy (non-hydrogen) atoms. The number of halogens is 1. The summed E-state index contributed by atoms with van der Waals surface area (Å²) in [7, 11) is 0. The molecule has 0 rings (SSSR count). The lowest BCUT2D eigenvalue weighted by Crippen LogP contribution is -2.12. The van der Waals surface area contributed by atoms with E-state index in [1.54, 1.807) is 0 Å². The minimum atomic E-state index is -0.0875. The summed E-state index contributed by atoms with van der Waals surface area (Å²) in [6, 6.07) is 0. The lowest BCUT2D eigenvalue weighted by atomic mass is 10.2. The molecule has 0 saturated heterocycles. The van der Waals surface area contributed by atoms with E-state index >= 15 is 0 Å². The van der Waals surface area contributed by atoms with Crippen molar-refractivity contribution in [3.63, 3.8) is 0 Å². The molecule has 0 fully saturated rings. The van der Waals surface area contributed by atoms with Crippen LogP contribution in [-0.4, -0.2) is 17.4 Å². The van der Waals surface area contributed by atoms with Gasteiger partial charge in [-0.25, -0.2) is 0 Å². The van der Waals surface area contributed by atoms with Crippen LogP contribution in [0.2, 0.25) is 0 Å². The van der Waals surface area contributed by atoms with Crippen LogP contribution in [0.5, 0.6) is 0 Å². The molecule has 0 saturated carbocycles. The molecule has 0 aromatic heterocycles. The molecule has 0 amide bonds. The number of carbonyl (C=O) groups excluding carboxylic acids is 1. The predicted molar refractivity (Wildman–Crippen MR) is 76.5 cm³/mol. The summed E-state index contributed by atoms with van der Waals surface area (Å²) in [5, 5.41) is 1.01. The zero-order chi connectivity index (χ0) is 12.9. The molecule has 0 aliphatic rings. The first kappa shape index (κ1) is 16.7. The van der Waals surface area contributed by atoms with Gasteiger partial charge in [-0.15, -0.1) is 0 Å². The van der Waals surface area contributed by atoms with E-state index in [0.717, 1.165) is 31.0 Å². The Morgan fingerprint density at radius 1 is 1.29 bits per heavy atom. The van der Waals surface area contributed by atoms with E-state index in [-0.39, 0.29) is 12.1 Å². The van der Waals surface area contributed by atoms with E-state index in [2.05, 4.69) is 28.9 Å². The van der Waals surface area contributed by atoms with Crippen molar-refractivity contribution in [2.75, 3.05) is 5.33 Å². The van der Waals surface area contributed by atoms with Crippen LogP contribution in [0.15, 0.2) is 12.2 Å². The second-order valence-electron chi connectivity index (χ2n) is 4.27. The van der Waals surface area contributed by atoms with Crippen LogP contribution in [0, 0.1) is 0 Å². The molecule has 3 heteroatoms. The first-order chi connectivity index (χ1) is 8.20. The Bertz CT molecular complexity index is 214. The quantitative estimate of drug-likeness (QED) is 0.255. The summed E-state index contributed by atoms with van der Waals surface area (Å²) < 4.78 is 5.27. The van der Waals surface area contributed by atoms with Gasteiger partial charge in [-0.05, 0) is 32.3 Å². The molecular formula is C14H25BrO2. The smallest absolute Gasteiger partial charge is 0.306 e. The maximum atomic E-state index is 11.4. The van der Waals surface area contributed by atoms with Gasteiger partial charge in [-0.1, -0.05) is 48.2 Å². The molecule has 1 atom stereocenters. The zero-order valence-electron chi connectivity index (χ0n) is 11.1. The van der Waals surface area contributed by atoms with Gasteiger partial charge >= 0.3 is 5.97 Å². The molecule has 100 valence electrons. The number of carbonyl (C=O) groups is 1. The van der Waals surface area contributed by atoms with Crippen LogP contribution in [0.25, 0.3) is 0 Å². The van der Waals surface area contributed by atoms with Crippen molar-refractivity contribution >= 4 is 21.9 Å². The standard InChI is InChI=1S/C14H25BrO2/c1-3-4-5-7-10-13(2)17-14(16)11-8-6-9-12-15/h7,10,13H,3-6,8-9,11-12H2,1-2H3/b10-7+. The van der Waals surface area contributed by atoms with Gasteiger partial charge in [0.2, 0.25) is 0 Å². The second-order valence-corrected chi connectivity index (χ2v) is 5.06. The molecule has 0 spiro atoms. The third kappa shape index (κ3) is 11.9. The van der Waals surface area contributed by atoms with Gasteiger partial charge in [0.1, 0.15) is 6.10 Å². The zero-order valence-corrected chi connectivity index (χ0v) is 12.7. The van der Waals surface area contributed by atoms with Crippen molar-refractivity contribution in [1.82, 2.24) is 0 Å². The maximum Gasteiger partial charge on any atom is 0.306 e. The molecule has 0 aromatic carbocycles. The summed E-state index contributed by atoms with van der Waals surface area (Å²) in [4.78, 5) is 11.4. The molecule has 0 N–H and O–H groups in total. The van der Waals surface area contributed by atoms with E-state index in [0.29, 0.717) is 6.42 Å². The van der Waals surface area contributed by atoms with Gasteiger partial charge in [-0.2, -0.15) is 0 Å². The Kier molecular flexibility index (Phi) is 11.9. The molecule has 0 aliphatic heterocycles. The van der Waals surface area contributed by atoms with Crippen LogP contribution < -0.4 is 0 Å². The molecule has 0 heterocycles. The predicted octanol–water partition coefficient (Wildman–Crippen LogP) is 4.62. The van der Waals surface area contributed by atoms with Gasteiger partial charge in [0.05, 0.1) is 0 Å². The Balaban J connectivity index is 3.54. The number of alkyl halides is 1. The average molecular weight is 305 g/mol. The van der Waals surface area contributed by atoms with Crippen molar-refractivity contribution in [2.45, 2.75) is 64.9 Å². The van der Waals surface area contributed by atoms with Crippen molar-refractivity contribution in [3.05, 3.63) is 12.2 Å². The third-order valence-electron chi connectivity index (χ3n) is 2.46. The number of unbranched alkanes of at least 4 members (excludes halogenated alkanes) is 4. The fourth-order valence-electron chi connectivity index (χ4n) is 1.46. The van der Waals surface area contributed by atoms with E-state index < -0.39 is 0 Å². The molecule has 0 bridgehead atoms. The monoisotopic (exact) mass is 304 g/mol. The fraction of sp³-hybridized carbons (Fsp3) is 0.786. The Hall–Kier alpha value is -0.310. The normalized spacial score (nSPS) is 12.9.